The summed E-state index contributed by atoms with van der Waals surface area (Å²) in [6, 6.07) is 10.3. The van der Waals surface area contributed by atoms with Crippen LogP contribution < -0.4 is 21.2 Å². The standard InChI is InChI=1S/C21H22Cl2N4O4/c1-12(2)19(26-20(29)14-5-8-16(22)17(23)9-14)21(30)27-25-10-13-3-6-15(7-4-13)31-11-18(24)28/h3-10,12,19H,11H2,1-2H3,(H2,24,28)(H,26,29)(H,27,30). The number of hydrogen-bond donors (Lipinski definition) is 3. The quantitative estimate of drug-likeness (QED) is 0.389. The summed E-state index contributed by atoms with van der Waals surface area (Å²) in [5.74, 6) is -1.21. The van der Waals surface area contributed by atoms with Gasteiger partial charge in [-0.1, -0.05) is 37.0 Å². The maximum Gasteiger partial charge on any atom is 0.262 e. The molecule has 4 N–H and O–H groups in total. The molecule has 31 heavy (non-hydrogen) atoms. The monoisotopic (exact) mass is 464 g/mol. The molecule has 0 aliphatic heterocycles. The summed E-state index contributed by atoms with van der Waals surface area (Å²) in [5, 5.41) is 7.18. The number of hydrogen-bond acceptors (Lipinski definition) is 5. The van der Waals surface area contributed by atoms with E-state index in [1.165, 1.54) is 24.4 Å². The van der Waals surface area contributed by atoms with Crippen molar-refractivity contribution in [3.05, 3.63) is 63.6 Å². The SMILES string of the molecule is CC(C)C(NC(=O)c1ccc(Cl)c(Cl)c1)C(=O)NN=Cc1ccc(OCC(N)=O)cc1. The second-order valence-electron chi connectivity index (χ2n) is 6.88. The number of rotatable bonds is 9. The minimum absolute atomic E-state index is 0.191. The number of nitrogens with zero attached hydrogens (tertiary/aromatic N) is 1. The summed E-state index contributed by atoms with van der Waals surface area (Å²) in [5.41, 5.74) is 8.42. The number of primary amides is 1. The highest BCUT2D eigenvalue weighted by Gasteiger charge is 2.24. The number of benzene rings is 2. The number of hydrazone groups is 1. The fourth-order valence-corrected chi connectivity index (χ4v) is 2.74. The second-order valence-corrected chi connectivity index (χ2v) is 7.70. The van der Waals surface area contributed by atoms with Gasteiger partial charge in [0.05, 0.1) is 16.3 Å². The average molecular weight is 465 g/mol. The van der Waals surface area contributed by atoms with Crippen molar-refractivity contribution in [1.82, 2.24) is 10.7 Å². The number of amides is 3. The van der Waals surface area contributed by atoms with E-state index in [4.69, 9.17) is 33.7 Å². The molecule has 2 rings (SSSR count). The van der Waals surface area contributed by atoms with E-state index in [2.05, 4.69) is 15.8 Å². The fraction of sp³-hybridized carbons (Fsp3) is 0.238. The lowest BCUT2D eigenvalue weighted by molar-refractivity contribution is -0.124. The van der Waals surface area contributed by atoms with Crippen LogP contribution in [0.4, 0.5) is 0 Å². The van der Waals surface area contributed by atoms with E-state index in [9.17, 15) is 14.4 Å². The number of carbonyl (C=O) groups is 3. The maximum atomic E-state index is 12.5. The molecular formula is C21H22Cl2N4O4. The average Bonchev–Trinajstić information content (AvgIpc) is 2.72. The smallest absolute Gasteiger partial charge is 0.262 e. The van der Waals surface area contributed by atoms with Gasteiger partial charge in [-0.2, -0.15) is 5.10 Å². The lowest BCUT2D eigenvalue weighted by Crippen LogP contribution is -2.48. The molecule has 2 aromatic rings. The van der Waals surface area contributed by atoms with E-state index in [-0.39, 0.29) is 23.1 Å². The molecule has 0 saturated carbocycles. The lowest BCUT2D eigenvalue weighted by atomic mass is 10.0. The summed E-state index contributed by atoms with van der Waals surface area (Å²) < 4.78 is 5.17. The molecule has 0 heterocycles. The van der Waals surface area contributed by atoms with Crippen molar-refractivity contribution < 1.29 is 19.1 Å². The molecule has 10 heteroatoms. The molecule has 0 bridgehead atoms. The van der Waals surface area contributed by atoms with Crippen LogP contribution in [0.2, 0.25) is 10.0 Å². The summed E-state index contributed by atoms with van der Waals surface area (Å²) in [4.78, 5) is 35.7. The molecule has 3 amide bonds. The van der Waals surface area contributed by atoms with Gasteiger partial charge >= 0.3 is 0 Å². The summed E-state index contributed by atoms with van der Waals surface area (Å²) in [7, 11) is 0. The van der Waals surface area contributed by atoms with Gasteiger partial charge in [-0.25, -0.2) is 5.43 Å². The Morgan fingerprint density at radius 3 is 2.35 bits per heavy atom. The van der Waals surface area contributed by atoms with Crippen LogP contribution in [-0.2, 0) is 9.59 Å². The highest BCUT2D eigenvalue weighted by Crippen LogP contribution is 2.22. The fourth-order valence-electron chi connectivity index (χ4n) is 2.44. The van der Waals surface area contributed by atoms with Crippen molar-refractivity contribution in [2.45, 2.75) is 19.9 Å². The largest absolute Gasteiger partial charge is 0.484 e. The van der Waals surface area contributed by atoms with Gasteiger partial charge in [-0.05, 0) is 53.9 Å². The Kier molecular flexibility index (Phi) is 8.84. The molecule has 2 aromatic carbocycles. The first kappa shape index (κ1) is 24.2. The van der Waals surface area contributed by atoms with Crippen molar-refractivity contribution in [1.29, 1.82) is 0 Å². The van der Waals surface area contributed by atoms with Crippen LogP contribution in [0.5, 0.6) is 5.75 Å². The minimum atomic E-state index is -0.816. The molecule has 1 unspecified atom stereocenters. The Labute approximate surface area is 189 Å². The van der Waals surface area contributed by atoms with Crippen molar-refractivity contribution in [2.75, 3.05) is 6.61 Å². The minimum Gasteiger partial charge on any atom is -0.484 e. The van der Waals surface area contributed by atoms with Crippen molar-refractivity contribution in [2.24, 2.45) is 16.8 Å². The predicted octanol–water partition coefficient (Wildman–Crippen LogP) is 2.76. The van der Waals surface area contributed by atoms with Crippen molar-refractivity contribution >= 4 is 47.1 Å². The first-order chi connectivity index (χ1) is 14.7. The van der Waals surface area contributed by atoms with Gasteiger partial charge in [0.1, 0.15) is 11.8 Å². The highest BCUT2D eigenvalue weighted by molar-refractivity contribution is 6.42. The number of nitrogens with two attached hydrogens (primary N) is 1. The van der Waals surface area contributed by atoms with Crippen LogP contribution in [0.25, 0.3) is 0 Å². The van der Waals surface area contributed by atoms with Gasteiger partial charge in [0.25, 0.3) is 17.7 Å². The van der Waals surface area contributed by atoms with Crippen LogP contribution in [0.15, 0.2) is 47.6 Å². The number of nitrogens with one attached hydrogen (secondary N) is 2. The van der Waals surface area contributed by atoms with Crippen LogP contribution in [0.1, 0.15) is 29.8 Å². The Morgan fingerprint density at radius 1 is 1.10 bits per heavy atom. The molecule has 8 nitrogen and oxygen atoms in total. The molecule has 0 aliphatic carbocycles. The molecule has 0 fully saturated rings. The lowest BCUT2D eigenvalue weighted by Gasteiger charge is -2.20. The topological polar surface area (TPSA) is 123 Å². The van der Waals surface area contributed by atoms with E-state index < -0.39 is 23.8 Å². The Balaban J connectivity index is 1.96. The van der Waals surface area contributed by atoms with Crippen molar-refractivity contribution in [3.8, 4) is 5.75 Å². The normalized spacial score (nSPS) is 11.9. The van der Waals surface area contributed by atoms with Gasteiger partial charge in [0.2, 0.25) is 0 Å². The Bertz CT molecular complexity index is 978. The van der Waals surface area contributed by atoms with E-state index in [0.29, 0.717) is 16.3 Å². The van der Waals surface area contributed by atoms with Gasteiger partial charge < -0.3 is 15.8 Å². The molecule has 0 aliphatic rings. The third-order valence-electron chi connectivity index (χ3n) is 4.07. The second kappa shape index (κ2) is 11.3. The predicted molar refractivity (Wildman–Crippen MR) is 119 cm³/mol. The van der Waals surface area contributed by atoms with E-state index in [0.717, 1.165) is 0 Å². The first-order valence-electron chi connectivity index (χ1n) is 9.27. The summed E-state index contributed by atoms with van der Waals surface area (Å²) in [6.45, 7) is 3.38. The molecule has 0 spiro atoms. The number of halogens is 2. The van der Waals surface area contributed by atoms with E-state index >= 15 is 0 Å². The van der Waals surface area contributed by atoms with Gasteiger partial charge in [0, 0.05) is 5.56 Å². The van der Waals surface area contributed by atoms with E-state index in [1.807, 2.05) is 0 Å². The van der Waals surface area contributed by atoms with Crippen LogP contribution in [0.3, 0.4) is 0 Å². The zero-order valence-corrected chi connectivity index (χ0v) is 18.4. The van der Waals surface area contributed by atoms with Crippen LogP contribution in [-0.4, -0.2) is 36.6 Å². The first-order valence-corrected chi connectivity index (χ1v) is 10.0. The van der Waals surface area contributed by atoms with Gasteiger partial charge in [-0.15, -0.1) is 0 Å². The zero-order chi connectivity index (χ0) is 23.0. The van der Waals surface area contributed by atoms with Gasteiger partial charge in [-0.3, -0.25) is 14.4 Å². The van der Waals surface area contributed by atoms with Crippen LogP contribution in [0, 0.1) is 5.92 Å². The summed E-state index contributed by atoms with van der Waals surface area (Å²) >= 11 is 11.8. The van der Waals surface area contributed by atoms with E-state index in [1.54, 1.807) is 38.1 Å². The Hall–Kier alpha value is -3.10. The molecule has 0 radical (unpaired) electrons. The third kappa shape index (κ3) is 7.58. The summed E-state index contributed by atoms with van der Waals surface area (Å²) in [6.07, 6.45) is 1.44. The molecule has 0 aromatic heterocycles. The molecule has 0 saturated heterocycles. The zero-order valence-electron chi connectivity index (χ0n) is 16.9. The van der Waals surface area contributed by atoms with Crippen LogP contribution >= 0.6 is 23.2 Å². The molecule has 164 valence electrons. The molecule has 1 atom stereocenters. The highest BCUT2D eigenvalue weighted by atomic mass is 35.5. The van der Waals surface area contributed by atoms with Gasteiger partial charge in [0.15, 0.2) is 6.61 Å². The van der Waals surface area contributed by atoms with Crippen molar-refractivity contribution in [3.63, 3.8) is 0 Å². The number of carbonyl (C=O) groups excluding carboxylic acids is 3. The third-order valence-corrected chi connectivity index (χ3v) is 4.81. The molecular weight excluding hydrogens is 443 g/mol. The maximum absolute atomic E-state index is 12.5. The number of ether oxygens (including phenoxy) is 1. The Morgan fingerprint density at radius 2 is 1.77 bits per heavy atom.